The minimum atomic E-state index is -0.0106. The fraction of sp³-hybridized carbons (Fsp3) is 1.00. The van der Waals surface area contributed by atoms with Crippen LogP contribution in [-0.2, 0) is 9.47 Å². The van der Waals surface area contributed by atoms with Gasteiger partial charge in [0.1, 0.15) is 0 Å². The molecule has 2 heterocycles. The van der Waals surface area contributed by atoms with E-state index in [2.05, 4.69) is 29.8 Å². The van der Waals surface area contributed by atoms with Gasteiger partial charge in [0.15, 0.2) is 0 Å². The molecular weight excluding hydrogens is 244 g/mol. The summed E-state index contributed by atoms with van der Waals surface area (Å²) in [6, 6.07) is 0. The van der Waals surface area contributed by atoms with Crippen molar-refractivity contribution in [1.82, 2.24) is 0 Å². The zero-order valence-corrected chi connectivity index (χ0v) is 10.5. The van der Waals surface area contributed by atoms with Crippen LogP contribution in [0.15, 0.2) is 0 Å². The molecule has 2 nitrogen and oxygen atoms in total. The molecule has 2 rings (SSSR count). The third-order valence-corrected chi connectivity index (χ3v) is 5.19. The molecule has 2 aliphatic rings. The van der Waals surface area contributed by atoms with Crippen LogP contribution >= 0.6 is 15.9 Å². The Morgan fingerprint density at radius 2 is 2.21 bits per heavy atom. The average Bonchev–Trinajstić information content (AvgIpc) is 2.70. The second-order valence-electron chi connectivity index (χ2n) is 4.95. The summed E-state index contributed by atoms with van der Waals surface area (Å²) in [6.45, 7) is 6.14. The van der Waals surface area contributed by atoms with Gasteiger partial charge in [-0.25, -0.2) is 0 Å². The van der Waals surface area contributed by atoms with Crippen molar-refractivity contribution in [2.75, 3.05) is 13.2 Å². The van der Waals surface area contributed by atoms with E-state index in [1.54, 1.807) is 0 Å². The van der Waals surface area contributed by atoms with Gasteiger partial charge in [-0.05, 0) is 39.0 Å². The first-order valence-corrected chi connectivity index (χ1v) is 6.41. The summed E-state index contributed by atoms with van der Waals surface area (Å²) in [5.74, 6) is 0.619. The van der Waals surface area contributed by atoms with E-state index in [1.165, 1.54) is 12.8 Å². The maximum atomic E-state index is 5.77. The van der Waals surface area contributed by atoms with Gasteiger partial charge in [-0.3, -0.25) is 0 Å². The lowest BCUT2D eigenvalue weighted by Crippen LogP contribution is -2.31. The summed E-state index contributed by atoms with van der Waals surface area (Å²) in [7, 11) is 0. The minimum Gasteiger partial charge on any atom is -0.378 e. The molecule has 82 valence electrons. The molecule has 0 spiro atoms. The smallest absolute Gasteiger partial charge is 0.0754 e. The predicted molar refractivity (Wildman–Crippen MR) is 59.8 cm³/mol. The van der Waals surface area contributed by atoms with Gasteiger partial charge in [-0.15, -0.1) is 0 Å². The molecule has 0 bridgehead atoms. The highest BCUT2D eigenvalue weighted by Crippen LogP contribution is 2.39. The number of rotatable bonds is 2. The summed E-state index contributed by atoms with van der Waals surface area (Å²) in [4.78, 5) is 0.471. The third kappa shape index (κ3) is 2.15. The highest BCUT2D eigenvalue weighted by atomic mass is 79.9. The van der Waals surface area contributed by atoms with E-state index < -0.39 is 0 Å². The second kappa shape index (κ2) is 4.11. The van der Waals surface area contributed by atoms with Gasteiger partial charge in [-0.1, -0.05) is 15.9 Å². The molecule has 3 atom stereocenters. The number of halogens is 1. The first kappa shape index (κ1) is 10.9. The van der Waals surface area contributed by atoms with E-state index in [4.69, 9.17) is 9.47 Å². The van der Waals surface area contributed by atoms with E-state index in [1.807, 2.05) is 0 Å². The van der Waals surface area contributed by atoms with Crippen molar-refractivity contribution in [2.45, 2.75) is 49.6 Å². The Bertz CT molecular complexity index is 199. The van der Waals surface area contributed by atoms with E-state index in [-0.39, 0.29) is 5.60 Å². The second-order valence-corrected chi connectivity index (χ2v) is 5.93. The normalized spacial score (nSPS) is 41.8. The molecule has 3 heteroatoms. The van der Waals surface area contributed by atoms with Crippen LogP contribution in [0.25, 0.3) is 0 Å². The van der Waals surface area contributed by atoms with Crippen LogP contribution in [0, 0.1) is 5.92 Å². The van der Waals surface area contributed by atoms with Gasteiger partial charge in [0, 0.05) is 11.4 Å². The molecule has 0 aromatic heterocycles. The molecule has 14 heavy (non-hydrogen) atoms. The van der Waals surface area contributed by atoms with Crippen LogP contribution in [0.3, 0.4) is 0 Å². The molecule has 3 unspecified atom stereocenters. The summed E-state index contributed by atoms with van der Waals surface area (Å²) in [5.41, 5.74) is -0.0106. The van der Waals surface area contributed by atoms with Crippen molar-refractivity contribution in [3.63, 3.8) is 0 Å². The largest absolute Gasteiger partial charge is 0.378 e. The van der Waals surface area contributed by atoms with Crippen LogP contribution < -0.4 is 0 Å². The van der Waals surface area contributed by atoms with E-state index in [0.29, 0.717) is 16.8 Å². The number of alkyl halides is 1. The fourth-order valence-electron chi connectivity index (χ4n) is 2.41. The van der Waals surface area contributed by atoms with Crippen molar-refractivity contribution >= 4 is 15.9 Å². The molecule has 0 aliphatic carbocycles. The predicted octanol–water partition coefficient (Wildman–Crippen LogP) is 2.74. The third-order valence-electron chi connectivity index (χ3n) is 3.34. The van der Waals surface area contributed by atoms with E-state index in [0.717, 1.165) is 19.6 Å². The quantitative estimate of drug-likeness (QED) is 0.713. The van der Waals surface area contributed by atoms with Gasteiger partial charge in [0.2, 0.25) is 0 Å². The summed E-state index contributed by atoms with van der Waals surface area (Å²) < 4.78 is 11.4. The van der Waals surface area contributed by atoms with Gasteiger partial charge in [0.25, 0.3) is 0 Å². The zero-order valence-electron chi connectivity index (χ0n) is 8.96. The Morgan fingerprint density at radius 1 is 1.43 bits per heavy atom. The summed E-state index contributed by atoms with van der Waals surface area (Å²) in [5, 5.41) is 0. The molecular formula is C11H19BrO2. The number of ether oxygens (including phenoxy) is 2. The Hall–Kier alpha value is 0.400. The van der Waals surface area contributed by atoms with Crippen LogP contribution in [0.2, 0.25) is 0 Å². The first-order chi connectivity index (χ1) is 6.59. The highest BCUT2D eigenvalue weighted by molar-refractivity contribution is 9.09. The van der Waals surface area contributed by atoms with Gasteiger partial charge in [0.05, 0.1) is 18.3 Å². The Morgan fingerprint density at radius 3 is 2.71 bits per heavy atom. The van der Waals surface area contributed by atoms with Crippen molar-refractivity contribution in [3.05, 3.63) is 0 Å². The van der Waals surface area contributed by atoms with Crippen LogP contribution in [-0.4, -0.2) is 29.7 Å². The SMILES string of the molecule is CC1(C)OCC(CC2CCCO2)C1Br. The van der Waals surface area contributed by atoms with Crippen molar-refractivity contribution in [2.24, 2.45) is 5.92 Å². The molecule has 0 amide bonds. The van der Waals surface area contributed by atoms with E-state index in [9.17, 15) is 0 Å². The van der Waals surface area contributed by atoms with Crippen molar-refractivity contribution in [1.29, 1.82) is 0 Å². The molecule has 2 aliphatic heterocycles. The van der Waals surface area contributed by atoms with Crippen LogP contribution in [0.1, 0.15) is 33.1 Å². The van der Waals surface area contributed by atoms with Gasteiger partial charge in [-0.2, -0.15) is 0 Å². The standard InChI is InChI=1S/C11H19BrO2/c1-11(2)10(12)8(7-14-11)6-9-4-3-5-13-9/h8-10H,3-7H2,1-2H3. The molecule has 0 aromatic rings. The van der Waals surface area contributed by atoms with E-state index >= 15 is 0 Å². The molecule has 2 saturated heterocycles. The lowest BCUT2D eigenvalue weighted by Gasteiger charge is -2.24. The maximum absolute atomic E-state index is 5.77. The lowest BCUT2D eigenvalue weighted by atomic mass is 9.92. The molecule has 0 radical (unpaired) electrons. The number of hydrogen-bond acceptors (Lipinski definition) is 2. The zero-order chi connectivity index (χ0) is 10.2. The molecule has 0 aromatic carbocycles. The molecule has 0 N–H and O–H groups in total. The molecule has 2 fully saturated rings. The van der Waals surface area contributed by atoms with Crippen LogP contribution in [0.4, 0.5) is 0 Å². The number of hydrogen-bond donors (Lipinski definition) is 0. The van der Waals surface area contributed by atoms with Crippen molar-refractivity contribution < 1.29 is 9.47 Å². The average molecular weight is 263 g/mol. The van der Waals surface area contributed by atoms with Crippen LogP contribution in [0.5, 0.6) is 0 Å². The fourth-order valence-corrected chi connectivity index (χ4v) is 2.91. The Labute approximate surface area is 94.5 Å². The first-order valence-electron chi connectivity index (χ1n) is 5.49. The van der Waals surface area contributed by atoms with Gasteiger partial charge < -0.3 is 9.47 Å². The topological polar surface area (TPSA) is 18.5 Å². The monoisotopic (exact) mass is 262 g/mol. The summed E-state index contributed by atoms with van der Waals surface area (Å²) >= 11 is 3.75. The van der Waals surface area contributed by atoms with Gasteiger partial charge >= 0.3 is 0 Å². The maximum Gasteiger partial charge on any atom is 0.0754 e. The molecule has 0 saturated carbocycles. The summed E-state index contributed by atoms with van der Waals surface area (Å²) in [6.07, 6.45) is 4.10. The Balaban J connectivity index is 1.87. The Kier molecular flexibility index (Phi) is 3.20. The van der Waals surface area contributed by atoms with Crippen molar-refractivity contribution in [3.8, 4) is 0 Å². The lowest BCUT2D eigenvalue weighted by molar-refractivity contribution is 0.0351. The highest BCUT2D eigenvalue weighted by Gasteiger charge is 2.42. The minimum absolute atomic E-state index is 0.0106.